The van der Waals surface area contributed by atoms with Gasteiger partial charge < -0.3 is 14.8 Å². The molecule has 2 unspecified atom stereocenters. The molecule has 23 heavy (non-hydrogen) atoms. The van der Waals surface area contributed by atoms with Gasteiger partial charge >= 0.3 is 0 Å². The van der Waals surface area contributed by atoms with Gasteiger partial charge in [-0.1, -0.05) is 0 Å². The van der Waals surface area contributed by atoms with Crippen LogP contribution in [0.15, 0.2) is 42.6 Å². The molecule has 2 atom stereocenters. The molecule has 3 rings (SSSR count). The highest BCUT2D eigenvalue weighted by molar-refractivity contribution is 5.32. The molecule has 1 N–H and O–H groups in total. The van der Waals surface area contributed by atoms with Gasteiger partial charge in [-0.25, -0.2) is 0 Å². The highest BCUT2D eigenvalue weighted by Gasteiger charge is 2.29. The number of ether oxygens (including phenoxy) is 2. The summed E-state index contributed by atoms with van der Waals surface area (Å²) in [6, 6.07) is 10.7. The summed E-state index contributed by atoms with van der Waals surface area (Å²) in [6.45, 7) is 4.27. The summed E-state index contributed by atoms with van der Waals surface area (Å²) in [5.41, 5.74) is 0.792. The summed E-state index contributed by atoms with van der Waals surface area (Å²) >= 11 is 0. The predicted molar refractivity (Wildman–Crippen MR) is 86.6 cm³/mol. The first-order chi connectivity index (χ1) is 11.3. The van der Waals surface area contributed by atoms with Gasteiger partial charge in [-0.3, -0.25) is 10.1 Å². The molecule has 0 aliphatic carbocycles. The second kappa shape index (κ2) is 7.33. The lowest BCUT2D eigenvalue weighted by Gasteiger charge is -2.32. The third kappa shape index (κ3) is 3.93. The second-order valence-electron chi connectivity index (χ2n) is 5.58. The van der Waals surface area contributed by atoms with Crippen molar-refractivity contribution in [2.75, 3.05) is 19.7 Å². The Morgan fingerprint density at radius 3 is 2.74 bits per heavy atom. The van der Waals surface area contributed by atoms with Crippen molar-refractivity contribution in [2.45, 2.75) is 25.4 Å². The third-order valence-corrected chi connectivity index (χ3v) is 3.97. The fourth-order valence-electron chi connectivity index (χ4n) is 2.86. The largest absolute Gasteiger partial charge is 0.494 e. The maximum atomic E-state index is 11.6. The van der Waals surface area contributed by atoms with Crippen molar-refractivity contribution >= 4 is 0 Å². The molecule has 1 aromatic carbocycles. The lowest BCUT2D eigenvalue weighted by atomic mass is 9.92. The molecule has 2 aromatic rings. The second-order valence-corrected chi connectivity index (χ2v) is 5.58. The molecule has 5 nitrogen and oxygen atoms in total. The van der Waals surface area contributed by atoms with Crippen LogP contribution in [-0.4, -0.2) is 30.8 Å². The van der Waals surface area contributed by atoms with Gasteiger partial charge in [0.2, 0.25) is 0 Å². The van der Waals surface area contributed by atoms with E-state index in [1.807, 2.05) is 31.2 Å². The monoisotopic (exact) mass is 313 g/mol. The first-order valence-electron chi connectivity index (χ1n) is 7.99. The predicted octanol–water partition coefficient (Wildman–Crippen LogP) is 3.15. The highest BCUT2D eigenvalue weighted by atomic mass is 16.5. The standard InChI is InChI=1S/C18H21N2O3/c1-2-22-14-3-5-15(6-4-14)23-18-8-9-19-12-16(18)17-11-13(21)7-10-20-17/h3-7,10-11,16,18-19H,2,8-9,12H2,1H3. The van der Waals surface area contributed by atoms with E-state index in [2.05, 4.69) is 10.3 Å². The number of piperidine rings is 1. The molecule has 1 saturated heterocycles. The Bertz CT molecular complexity index is 630. The first-order valence-corrected chi connectivity index (χ1v) is 7.99. The zero-order chi connectivity index (χ0) is 16.1. The van der Waals surface area contributed by atoms with Crippen molar-refractivity contribution in [3.05, 3.63) is 48.3 Å². The lowest BCUT2D eigenvalue weighted by Crippen LogP contribution is -2.41. The maximum Gasteiger partial charge on any atom is 0.181 e. The van der Waals surface area contributed by atoms with E-state index in [4.69, 9.17) is 9.47 Å². The van der Waals surface area contributed by atoms with E-state index in [-0.39, 0.29) is 17.8 Å². The highest BCUT2D eigenvalue weighted by Crippen LogP contribution is 2.29. The van der Waals surface area contributed by atoms with Gasteiger partial charge in [0.25, 0.3) is 0 Å². The summed E-state index contributed by atoms with van der Waals surface area (Å²) in [5.74, 6) is 1.70. The van der Waals surface area contributed by atoms with E-state index in [0.717, 1.165) is 36.7 Å². The molecule has 1 aromatic heterocycles. The molecular formula is C18H21N2O3. The summed E-state index contributed by atoms with van der Waals surface area (Å²) in [4.78, 5) is 4.35. The molecule has 0 spiro atoms. The summed E-state index contributed by atoms with van der Waals surface area (Å²) in [7, 11) is 0. The van der Waals surface area contributed by atoms with Crippen LogP contribution in [0.3, 0.4) is 0 Å². The Labute approximate surface area is 136 Å². The Morgan fingerprint density at radius 2 is 2.00 bits per heavy atom. The number of rotatable bonds is 5. The molecule has 121 valence electrons. The summed E-state index contributed by atoms with van der Waals surface area (Å²) in [5, 5.41) is 14.9. The molecular weight excluding hydrogens is 292 g/mol. The van der Waals surface area contributed by atoms with Crippen LogP contribution in [0, 0.1) is 0 Å². The molecule has 0 amide bonds. The topological polar surface area (TPSA) is 63.3 Å². The van der Waals surface area contributed by atoms with Crippen molar-refractivity contribution in [3.8, 4) is 17.2 Å². The molecule has 1 aliphatic rings. The van der Waals surface area contributed by atoms with E-state index in [9.17, 15) is 5.11 Å². The van der Waals surface area contributed by atoms with Crippen LogP contribution in [0.5, 0.6) is 17.2 Å². The lowest BCUT2D eigenvalue weighted by molar-refractivity contribution is 0.136. The van der Waals surface area contributed by atoms with Gasteiger partial charge in [0.05, 0.1) is 18.2 Å². The Kier molecular flexibility index (Phi) is 4.98. The number of pyridine rings is 1. The van der Waals surface area contributed by atoms with Gasteiger partial charge in [0.15, 0.2) is 5.75 Å². The van der Waals surface area contributed by atoms with Crippen molar-refractivity contribution in [1.29, 1.82) is 0 Å². The average molecular weight is 313 g/mol. The molecule has 2 heterocycles. The van der Waals surface area contributed by atoms with E-state index >= 15 is 0 Å². The average Bonchev–Trinajstić information content (AvgIpc) is 2.57. The van der Waals surface area contributed by atoms with Crippen molar-refractivity contribution in [2.24, 2.45) is 0 Å². The van der Waals surface area contributed by atoms with Crippen molar-refractivity contribution in [3.63, 3.8) is 0 Å². The van der Waals surface area contributed by atoms with Crippen LogP contribution in [0.2, 0.25) is 0 Å². The van der Waals surface area contributed by atoms with Gasteiger partial charge in [0, 0.05) is 24.9 Å². The zero-order valence-electron chi connectivity index (χ0n) is 13.2. The normalized spacial score (nSPS) is 20.9. The van der Waals surface area contributed by atoms with Crippen LogP contribution in [0.4, 0.5) is 0 Å². The Balaban J connectivity index is 1.73. The SMILES string of the molecule is CCOc1ccc(OC2CCNCC2c2cc([O])ccn2)cc1. The van der Waals surface area contributed by atoms with E-state index in [1.165, 1.54) is 6.07 Å². The van der Waals surface area contributed by atoms with Crippen molar-refractivity contribution < 1.29 is 14.6 Å². The smallest absolute Gasteiger partial charge is 0.181 e. The number of benzene rings is 1. The van der Waals surface area contributed by atoms with E-state index in [0.29, 0.717) is 6.61 Å². The summed E-state index contributed by atoms with van der Waals surface area (Å²) < 4.78 is 11.6. The van der Waals surface area contributed by atoms with E-state index in [1.54, 1.807) is 12.3 Å². The third-order valence-electron chi connectivity index (χ3n) is 3.97. The first kappa shape index (κ1) is 15.6. The van der Waals surface area contributed by atoms with Crippen LogP contribution in [0.1, 0.15) is 25.0 Å². The fraction of sp³-hybridized carbons (Fsp3) is 0.389. The number of aromatic nitrogens is 1. The number of nitrogens with zero attached hydrogens (tertiary/aromatic N) is 1. The number of hydrogen-bond donors (Lipinski definition) is 1. The van der Waals surface area contributed by atoms with Crippen LogP contribution in [0.25, 0.3) is 0 Å². The van der Waals surface area contributed by atoms with Crippen LogP contribution in [-0.2, 0) is 5.11 Å². The zero-order valence-corrected chi connectivity index (χ0v) is 13.2. The van der Waals surface area contributed by atoms with E-state index < -0.39 is 0 Å². The van der Waals surface area contributed by atoms with Gasteiger partial charge in [-0.2, -0.15) is 0 Å². The Hall–Kier alpha value is -2.27. The number of nitrogens with one attached hydrogen (secondary N) is 1. The fourth-order valence-corrected chi connectivity index (χ4v) is 2.86. The van der Waals surface area contributed by atoms with Crippen molar-refractivity contribution in [1.82, 2.24) is 10.3 Å². The molecule has 5 heteroatoms. The van der Waals surface area contributed by atoms with Crippen LogP contribution < -0.4 is 14.8 Å². The number of hydrogen-bond acceptors (Lipinski definition) is 4. The quantitative estimate of drug-likeness (QED) is 0.921. The minimum atomic E-state index is -0.0135. The summed E-state index contributed by atoms with van der Waals surface area (Å²) in [6.07, 6.45) is 2.45. The minimum absolute atomic E-state index is 0.00323. The maximum absolute atomic E-state index is 11.6. The molecule has 0 saturated carbocycles. The molecule has 1 aliphatic heterocycles. The van der Waals surface area contributed by atoms with Gasteiger partial charge in [0.1, 0.15) is 17.6 Å². The van der Waals surface area contributed by atoms with Crippen LogP contribution >= 0.6 is 0 Å². The van der Waals surface area contributed by atoms with Gasteiger partial charge in [-0.05, 0) is 44.2 Å². The molecule has 0 bridgehead atoms. The Morgan fingerprint density at radius 1 is 1.22 bits per heavy atom. The molecule has 1 radical (unpaired) electrons. The van der Waals surface area contributed by atoms with Gasteiger partial charge in [-0.15, -0.1) is 0 Å². The minimum Gasteiger partial charge on any atom is -0.494 e. The molecule has 1 fully saturated rings.